The van der Waals surface area contributed by atoms with E-state index in [1.165, 1.54) is 0 Å². The van der Waals surface area contributed by atoms with Gasteiger partial charge in [-0.25, -0.2) is 9.59 Å². The second-order valence-electron chi connectivity index (χ2n) is 9.69. The van der Waals surface area contributed by atoms with Gasteiger partial charge in [0.05, 0.1) is 35.9 Å². The van der Waals surface area contributed by atoms with Crippen molar-refractivity contribution >= 4 is 18.0 Å². The van der Waals surface area contributed by atoms with Crippen LogP contribution in [0.5, 0.6) is 0 Å². The standard InChI is InChI=1S/C22H32N2O6/c1-3-15-18(19(26)29-4-2)16(24-20(27)23-15)11-30-17(25)10-21-6-13-5-14(7-21)9-22(28,8-13)12-21/h13-15,28H,3-12H2,1-2H3,(H2,23,24,27)/t13-,14-,15-,21?,22?/m0/s1. The van der Waals surface area contributed by atoms with E-state index in [0.717, 1.165) is 32.1 Å². The van der Waals surface area contributed by atoms with Crippen LogP contribution < -0.4 is 10.6 Å². The Hall–Kier alpha value is -2.09. The molecule has 0 unspecified atom stereocenters. The Labute approximate surface area is 176 Å². The summed E-state index contributed by atoms with van der Waals surface area (Å²) in [6.07, 6.45) is 6.26. The quantitative estimate of drug-likeness (QED) is 0.544. The largest absolute Gasteiger partial charge is 0.463 e. The van der Waals surface area contributed by atoms with E-state index >= 15 is 0 Å². The van der Waals surface area contributed by atoms with Crippen LogP contribution in [0.3, 0.4) is 0 Å². The molecule has 0 aromatic heterocycles. The van der Waals surface area contributed by atoms with E-state index < -0.39 is 23.6 Å². The van der Waals surface area contributed by atoms with Gasteiger partial charge in [0.15, 0.2) is 0 Å². The van der Waals surface area contributed by atoms with Crippen molar-refractivity contribution in [3.63, 3.8) is 0 Å². The summed E-state index contributed by atoms with van der Waals surface area (Å²) in [5.74, 6) is 0.121. The minimum absolute atomic E-state index is 0.176. The van der Waals surface area contributed by atoms with Gasteiger partial charge in [-0.1, -0.05) is 6.92 Å². The monoisotopic (exact) mass is 420 g/mol. The molecule has 0 saturated heterocycles. The number of aliphatic hydroxyl groups is 1. The van der Waals surface area contributed by atoms with Gasteiger partial charge in [0, 0.05) is 0 Å². The third-order valence-electron chi connectivity index (χ3n) is 7.20. The molecule has 0 radical (unpaired) electrons. The summed E-state index contributed by atoms with van der Waals surface area (Å²) in [6.45, 7) is 3.61. The maximum absolute atomic E-state index is 12.7. The van der Waals surface area contributed by atoms with E-state index in [0.29, 0.717) is 30.3 Å². The molecule has 2 amide bonds. The number of hydrogen-bond acceptors (Lipinski definition) is 6. The fourth-order valence-electron chi connectivity index (χ4n) is 6.69. The smallest absolute Gasteiger partial charge is 0.338 e. The van der Waals surface area contributed by atoms with Crippen molar-refractivity contribution in [2.75, 3.05) is 13.2 Å². The van der Waals surface area contributed by atoms with E-state index in [2.05, 4.69) is 10.6 Å². The topological polar surface area (TPSA) is 114 Å². The van der Waals surface area contributed by atoms with Crippen molar-refractivity contribution in [1.29, 1.82) is 0 Å². The van der Waals surface area contributed by atoms with Crippen molar-refractivity contribution in [3.8, 4) is 0 Å². The Bertz CT molecular complexity index is 762. The fourth-order valence-corrected chi connectivity index (χ4v) is 6.69. The third-order valence-corrected chi connectivity index (χ3v) is 7.20. The fraction of sp³-hybridized carbons (Fsp3) is 0.773. The molecule has 5 aliphatic rings. The molecule has 3 N–H and O–H groups in total. The molecule has 0 aromatic rings. The normalized spacial score (nSPS) is 36.9. The molecule has 8 heteroatoms. The summed E-state index contributed by atoms with van der Waals surface area (Å²) in [7, 11) is 0. The molecule has 3 atom stereocenters. The molecular formula is C22H32N2O6. The van der Waals surface area contributed by atoms with Crippen LogP contribution in [0.1, 0.15) is 65.2 Å². The Kier molecular flexibility index (Phi) is 5.55. The number of rotatable bonds is 7. The van der Waals surface area contributed by atoms with E-state index in [1.54, 1.807) is 6.92 Å². The molecule has 8 nitrogen and oxygen atoms in total. The van der Waals surface area contributed by atoms with Crippen LogP contribution in [0, 0.1) is 17.3 Å². The Morgan fingerprint density at radius 3 is 2.43 bits per heavy atom. The van der Waals surface area contributed by atoms with Gasteiger partial charge >= 0.3 is 18.0 Å². The lowest BCUT2D eigenvalue weighted by Gasteiger charge is -2.60. The number of carbonyl (C=O) groups excluding carboxylic acids is 3. The minimum Gasteiger partial charge on any atom is -0.463 e. The van der Waals surface area contributed by atoms with Gasteiger partial charge in [-0.2, -0.15) is 0 Å². The number of hydrogen-bond donors (Lipinski definition) is 3. The minimum atomic E-state index is -0.624. The number of urea groups is 1. The van der Waals surface area contributed by atoms with Crippen molar-refractivity contribution in [2.45, 2.75) is 76.9 Å². The molecule has 30 heavy (non-hydrogen) atoms. The molecular weight excluding hydrogens is 388 g/mol. The van der Waals surface area contributed by atoms with Crippen molar-refractivity contribution < 1.29 is 29.0 Å². The maximum Gasteiger partial charge on any atom is 0.338 e. The first kappa shape index (κ1) is 21.2. The van der Waals surface area contributed by atoms with Gasteiger partial charge < -0.3 is 25.2 Å². The van der Waals surface area contributed by atoms with E-state index in [-0.39, 0.29) is 36.7 Å². The van der Waals surface area contributed by atoms with Gasteiger partial charge in [0.2, 0.25) is 0 Å². The summed E-state index contributed by atoms with van der Waals surface area (Å²) >= 11 is 0. The average Bonchev–Trinajstić information content (AvgIpc) is 2.63. The number of nitrogens with one attached hydrogen (secondary N) is 2. The Morgan fingerprint density at radius 1 is 1.13 bits per heavy atom. The molecule has 0 aromatic carbocycles. The molecule has 5 rings (SSSR count). The second kappa shape index (κ2) is 7.87. The van der Waals surface area contributed by atoms with Gasteiger partial charge in [0.25, 0.3) is 0 Å². The zero-order valence-corrected chi connectivity index (χ0v) is 17.8. The van der Waals surface area contributed by atoms with Crippen LogP contribution in [0.2, 0.25) is 0 Å². The first-order valence-corrected chi connectivity index (χ1v) is 11.1. The van der Waals surface area contributed by atoms with E-state index in [4.69, 9.17) is 9.47 Å². The summed E-state index contributed by atoms with van der Waals surface area (Å²) in [5, 5.41) is 16.2. The van der Waals surface area contributed by atoms with Crippen molar-refractivity contribution in [3.05, 3.63) is 11.3 Å². The van der Waals surface area contributed by atoms with Crippen LogP contribution in [0.15, 0.2) is 11.3 Å². The van der Waals surface area contributed by atoms with Crippen LogP contribution in [0.25, 0.3) is 0 Å². The highest BCUT2D eigenvalue weighted by Gasteiger charge is 2.57. The lowest BCUT2D eigenvalue weighted by molar-refractivity contribution is -0.176. The van der Waals surface area contributed by atoms with Gasteiger partial charge in [-0.05, 0) is 69.1 Å². The van der Waals surface area contributed by atoms with Crippen molar-refractivity contribution in [2.24, 2.45) is 17.3 Å². The van der Waals surface area contributed by atoms with Crippen LogP contribution >= 0.6 is 0 Å². The molecule has 0 spiro atoms. The highest BCUT2D eigenvalue weighted by Crippen LogP contribution is 2.62. The molecule has 1 aliphatic heterocycles. The average molecular weight is 421 g/mol. The Morgan fingerprint density at radius 2 is 1.83 bits per heavy atom. The lowest BCUT2D eigenvalue weighted by atomic mass is 9.47. The molecule has 4 fully saturated rings. The SMILES string of the molecule is CCOC(=O)C1=C(COC(=O)CC23C[C@@H]4C[C@H](CC(O)(C4)C2)C3)NC(=O)N[C@H]1CC. The number of esters is 2. The second-order valence-corrected chi connectivity index (χ2v) is 9.69. The number of ether oxygens (including phenoxy) is 2. The molecule has 1 heterocycles. The van der Waals surface area contributed by atoms with Gasteiger partial charge in [0.1, 0.15) is 6.61 Å². The van der Waals surface area contributed by atoms with Crippen LogP contribution in [-0.4, -0.2) is 47.9 Å². The summed E-state index contributed by atoms with van der Waals surface area (Å²) in [5.41, 5.74) is -0.226. The molecule has 166 valence electrons. The van der Waals surface area contributed by atoms with Crippen molar-refractivity contribution in [1.82, 2.24) is 10.6 Å². The maximum atomic E-state index is 12.7. The predicted molar refractivity (Wildman–Crippen MR) is 107 cm³/mol. The highest BCUT2D eigenvalue weighted by molar-refractivity contribution is 5.94. The van der Waals surface area contributed by atoms with Gasteiger partial charge in [-0.15, -0.1) is 0 Å². The predicted octanol–water partition coefficient (Wildman–Crippen LogP) is 2.16. The summed E-state index contributed by atoms with van der Waals surface area (Å²) in [6, 6.07) is -0.909. The van der Waals surface area contributed by atoms with E-state index in [9.17, 15) is 19.5 Å². The molecule has 4 saturated carbocycles. The van der Waals surface area contributed by atoms with E-state index in [1.807, 2.05) is 6.92 Å². The molecule has 4 aliphatic carbocycles. The zero-order valence-electron chi connectivity index (χ0n) is 17.8. The third kappa shape index (κ3) is 4.06. The Balaban J connectivity index is 1.44. The first-order chi connectivity index (χ1) is 14.2. The van der Waals surface area contributed by atoms with Crippen LogP contribution in [-0.2, 0) is 19.1 Å². The van der Waals surface area contributed by atoms with Gasteiger partial charge in [-0.3, -0.25) is 4.79 Å². The molecule has 4 bridgehead atoms. The first-order valence-electron chi connectivity index (χ1n) is 11.1. The summed E-state index contributed by atoms with van der Waals surface area (Å²) in [4.78, 5) is 37.1. The lowest BCUT2D eigenvalue weighted by Crippen LogP contribution is -2.56. The van der Waals surface area contributed by atoms with Crippen LogP contribution in [0.4, 0.5) is 4.79 Å². The summed E-state index contributed by atoms with van der Waals surface area (Å²) < 4.78 is 10.7. The number of carbonyl (C=O) groups is 3. The highest BCUT2D eigenvalue weighted by atomic mass is 16.5. The number of amides is 2. The zero-order chi connectivity index (χ0) is 21.5.